The second-order valence-electron chi connectivity index (χ2n) is 10.0. The molecule has 2 aliphatic rings. The Kier molecular flexibility index (Phi) is 5.94. The molecule has 1 aliphatic heterocycles. The zero-order valence-corrected chi connectivity index (χ0v) is 20.4. The van der Waals surface area contributed by atoms with E-state index in [1.807, 2.05) is 6.20 Å². The minimum atomic E-state index is -1.15. The van der Waals surface area contributed by atoms with Crippen LogP contribution in [0, 0.1) is 0 Å². The number of likely N-dealkylation sites (tertiary alicyclic amines) is 1. The number of carbonyl (C=O) groups excluding carboxylic acids is 1. The van der Waals surface area contributed by atoms with Gasteiger partial charge in [-0.25, -0.2) is 28.7 Å². The molecule has 0 radical (unpaired) electrons. The zero-order valence-electron chi connectivity index (χ0n) is 20.4. The molecule has 1 saturated heterocycles. The van der Waals surface area contributed by atoms with Crippen LogP contribution < -0.4 is 10.1 Å². The molecule has 4 heterocycles. The minimum absolute atomic E-state index is 0.159. The second-order valence-corrected chi connectivity index (χ2v) is 10.0. The van der Waals surface area contributed by atoms with Crippen molar-refractivity contribution >= 4 is 17.7 Å². The van der Waals surface area contributed by atoms with E-state index in [0.717, 1.165) is 29.8 Å². The van der Waals surface area contributed by atoms with Crippen molar-refractivity contribution in [3.05, 3.63) is 30.4 Å². The maximum absolute atomic E-state index is 14.8. The lowest BCUT2D eigenvalue weighted by molar-refractivity contribution is 0.0150. The van der Waals surface area contributed by atoms with E-state index in [4.69, 9.17) is 14.5 Å². The first-order chi connectivity index (χ1) is 16.7. The number of halogens is 1. The summed E-state index contributed by atoms with van der Waals surface area (Å²) in [5.74, 6) is 1.40. The first-order valence-electron chi connectivity index (χ1n) is 11.9. The maximum Gasteiger partial charge on any atom is 0.410 e. The molecule has 11 heteroatoms. The summed E-state index contributed by atoms with van der Waals surface area (Å²) in [6, 6.07) is 1.12. The number of methoxy groups -OCH3 is 1. The number of aromatic nitrogens is 5. The van der Waals surface area contributed by atoms with Gasteiger partial charge in [-0.2, -0.15) is 5.10 Å². The van der Waals surface area contributed by atoms with Crippen LogP contribution in [0.1, 0.15) is 51.6 Å². The average Bonchev–Trinajstić information content (AvgIpc) is 3.58. The molecule has 2 atom stereocenters. The highest BCUT2D eigenvalue weighted by atomic mass is 19.1. The molecule has 186 valence electrons. The predicted octanol–water partition coefficient (Wildman–Crippen LogP) is 3.83. The predicted molar refractivity (Wildman–Crippen MR) is 127 cm³/mol. The van der Waals surface area contributed by atoms with Crippen molar-refractivity contribution in [3.8, 4) is 17.0 Å². The van der Waals surface area contributed by atoms with Gasteiger partial charge in [0.1, 0.15) is 11.8 Å². The topological polar surface area (TPSA) is 107 Å². The van der Waals surface area contributed by atoms with Gasteiger partial charge < -0.3 is 19.7 Å². The van der Waals surface area contributed by atoms with Crippen LogP contribution in [-0.2, 0) is 4.74 Å². The first-order valence-corrected chi connectivity index (χ1v) is 11.9. The van der Waals surface area contributed by atoms with E-state index >= 15 is 0 Å². The lowest BCUT2D eigenvalue weighted by atomic mass is 10.0. The van der Waals surface area contributed by atoms with Gasteiger partial charge in [-0.3, -0.25) is 0 Å². The molecule has 2 fully saturated rings. The SMILES string of the molecule is COc1cn2ncc(-c3ccnc(N[C@H]4CN(C(=O)OC(C)(C)C)CC[C@@H]4F)n3)c2nc1C1CC1. The number of alkyl halides is 1. The van der Waals surface area contributed by atoms with Crippen molar-refractivity contribution in [1.82, 2.24) is 29.5 Å². The van der Waals surface area contributed by atoms with Gasteiger partial charge in [0.05, 0.1) is 42.5 Å². The number of anilines is 1. The second kappa shape index (κ2) is 8.94. The van der Waals surface area contributed by atoms with Crippen LogP contribution in [0.25, 0.3) is 16.9 Å². The third-order valence-corrected chi connectivity index (χ3v) is 6.10. The van der Waals surface area contributed by atoms with E-state index < -0.39 is 23.9 Å². The summed E-state index contributed by atoms with van der Waals surface area (Å²) < 4.78 is 27.4. The Morgan fingerprint density at radius 1 is 1.23 bits per heavy atom. The zero-order chi connectivity index (χ0) is 24.7. The molecule has 5 rings (SSSR count). The summed E-state index contributed by atoms with van der Waals surface area (Å²) in [6.45, 7) is 5.88. The molecule has 1 saturated carbocycles. The number of nitrogens with zero attached hydrogens (tertiary/aromatic N) is 6. The number of piperidine rings is 1. The Labute approximate surface area is 202 Å². The lowest BCUT2D eigenvalue weighted by Gasteiger charge is -2.36. The highest BCUT2D eigenvalue weighted by Crippen LogP contribution is 2.43. The first kappa shape index (κ1) is 23.3. The van der Waals surface area contributed by atoms with Crippen LogP contribution in [0.5, 0.6) is 5.75 Å². The van der Waals surface area contributed by atoms with Crippen molar-refractivity contribution in [2.45, 2.75) is 63.8 Å². The minimum Gasteiger partial charge on any atom is -0.493 e. The average molecular weight is 484 g/mol. The Balaban J connectivity index is 1.37. The van der Waals surface area contributed by atoms with Crippen molar-refractivity contribution in [2.24, 2.45) is 0 Å². The lowest BCUT2D eigenvalue weighted by Crippen LogP contribution is -2.52. The molecule has 0 aromatic carbocycles. The fourth-order valence-corrected chi connectivity index (χ4v) is 4.19. The number of ether oxygens (including phenoxy) is 2. The van der Waals surface area contributed by atoms with E-state index in [9.17, 15) is 9.18 Å². The van der Waals surface area contributed by atoms with Crippen LogP contribution in [0.15, 0.2) is 24.7 Å². The Morgan fingerprint density at radius 3 is 2.74 bits per heavy atom. The molecule has 1 aliphatic carbocycles. The normalized spacial score (nSPS) is 20.7. The molecule has 10 nitrogen and oxygen atoms in total. The van der Waals surface area contributed by atoms with Crippen LogP contribution in [-0.4, -0.2) is 73.6 Å². The third kappa shape index (κ3) is 4.98. The number of rotatable bonds is 5. The summed E-state index contributed by atoms with van der Waals surface area (Å²) in [4.78, 5) is 27.7. The van der Waals surface area contributed by atoms with Crippen LogP contribution in [0.2, 0.25) is 0 Å². The fourth-order valence-electron chi connectivity index (χ4n) is 4.19. The molecule has 0 unspecified atom stereocenters. The van der Waals surface area contributed by atoms with Crippen molar-refractivity contribution in [1.29, 1.82) is 0 Å². The van der Waals surface area contributed by atoms with Crippen LogP contribution >= 0.6 is 0 Å². The number of nitrogens with one attached hydrogen (secondary N) is 1. The van der Waals surface area contributed by atoms with Gasteiger partial charge in [0.15, 0.2) is 11.4 Å². The van der Waals surface area contributed by atoms with E-state index in [1.165, 1.54) is 4.90 Å². The van der Waals surface area contributed by atoms with Gasteiger partial charge in [0.25, 0.3) is 0 Å². The van der Waals surface area contributed by atoms with E-state index in [0.29, 0.717) is 23.8 Å². The number of carbonyl (C=O) groups is 1. The molecule has 3 aromatic heterocycles. The quantitative estimate of drug-likeness (QED) is 0.584. The molecule has 1 amide bonds. The van der Waals surface area contributed by atoms with Crippen molar-refractivity contribution < 1.29 is 18.7 Å². The van der Waals surface area contributed by atoms with Gasteiger partial charge in [-0.15, -0.1) is 0 Å². The maximum atomic E-state index is 14.8. The van der Waals surface area contributed by atoms with Crippen LogP contribution in [0.3, 0.4) is 0 Å². The van der Waals surface area contributed by atoms with E-state index in [2.05, 4.69) is 20.4 Å². The van der Waals surface area contributed by atoms with E-state index in [1.54, 1.807) is 50.9 Å². The monoisotopic (exact) mass is 483 g/mol. The summed E-state index contributed by atoms with van der Waals surface area (Å²) in [5, 5.41) is 7.49. The molecule has 0 spiro atoms. The Hall–Kier alpha value is -3.50. The highest BCUT2D eigenvalue weighted by molar-refractivity contribution is 5.75. The smallest absolute Gasteiger partial charge is 0.410 e. The van der Waals surface area contributed by atoms with Gasteiger partial charge in [0.2, 0.25) is 5.95 Å². The molecule has 35 heavy (non-hydrogen) atoms. The summed E-state index contributed by atoms with van der Waals surface area (Å²) in [5.41, 5.74) is 2.35. The Bertz CT molecular complexity index is 1240. The summed E-state index contributed by atoms with van der Waals surface area (Å²) in [7, 11) is 1.63. The van der Waals surface area contributed by atoms with Crippen molar-refractivity contribution in [2.75, 3.05) is 25.5 Å². The Morgan fingerprint density at radius 2 is 2.03 bits per heavy atom. The summed E-state index contributed by atoms with van der Waals surface area (Å²) >= 11 is 0. The number of fused-ring (bicyclic) bond motifs is 1. The van der Waals surface area contributed by atoms with Gasteiger partial charge in [-0.1, -0.05) is 0 Å². The van der Waals surface area contributed by atoms with Crippen LogP contribution in [0.4, 0.5) is 15.1 Å². The standard InChI is InChI=1S/C24H30FN7O3/c1-24(2,3)35-23(33)31-10-8-16(25)18(12-31)29-22-26-9-7-17(28-22)15-11-27-32-13-19(34-4)20(14-5-6-14)30-21(15)32/h7,9,11,13-14,16,18H,5-6,8,10,12H2,1-4H3,(H,26,28,29)/t16-,18-/m0/s1. The highest BCUT2D eigenvalue weighted by Gasteiger charge is 2.34. The molecule has 0 bridgehead atoms. The molecule has 3 aromatic rings. The number of amides is 1. The largest absolute Gasteiger partial charge is 0.493 e. The van der Waals surface area contributed by atoms with E-state index in [-0.39, 0.29) is 18.9 Å². The fraction of sp³-hybridized carbons (Fsp3) is 0.542. The molecular weight excluding hydrogens is 453 g/mol. The molecular formula is C24H30FN7O3. The molecule has 1 N–H and O–H groups in total. The van der Waals surface area contributed by atoms with Gasteiger partial charge in [-0.05, 0) is 46.1 Å². The number of hydrogen-bond donors (Lipinski definition) is 1. The van der Waals surface area contributed by atoms with Gasteiger partial charge >= 0.3 is 6.09 Å². The summed E-state index contributed by atoms with van der Waals surface area (Å²) in [6.07, 6.45) is 5.95. The van der Waals surface area contributed by atoms with Gasteiger partial charge in [0, 0.05) is 25.2 Å². The number of hydrogen-bond acceptors (Lipinski definition) is 8. The third-order valence-electron chi connectivity index (χ3n) is 6.10. The van der Waals surface area contributed by atoms with Crippen molar-refractivity contribution in [3.63, 3.8) is 0 Å².